The fourth-order valence-electron chi connectivity index (χ4n) is 1.57. The molecule has 2 N–H and O–H groups in total. The number of carbonyl (C=O) groups is 2. The van der Waals surface area contributed by atoms with Crippen molar-refractivity contribution in [2.75, 3.05) is 13.1 Å². The molecule has 8 nitrogen and oxygen atoms in total. The van der Waals surface area contributed by atoms with Crippen LogP contribution in [0.15, 0.2) is 22.7 Å². The summed E-state index contributed by atoms with van der Waals surface area (Å²) in [5.74, 6) is -2.30. The largest absolute Gasteiger partial charge is 0.480 e. The number of nitrogens with zero attached hydrogens (tertiary/aromatic N) is 2. The number of hydrogen-bond donors (Lipinski definition) is 2. The van der Waals surface area contributed by atoms with E-state index in [9.17, 15) is 19.7 Å². The Morgan fingerprint density at radius 3 is 2.20 bits per heavy atom. The molecule has 0 saturated carbocycles. The Labute approximate surface area is 121 Å². The molecule has 0 aliphatic carbocycles. The van der Waals surface area contributed by atoms with Crippen molar-refractivity contribution in [1.82, 2.24) is 4.90 Å². The summed E-state index contributed by atoms with van der Waals surface area (Å²) in [5.41, 5.74) is 0.460. The quantitative estimate of drug-likeness (QED) is 0.564. The minimum Gasteiger partial charge on any atom is -0.480 e. The maximum absolute atomic E-state index is 10.7. The number of nitro benzene ring substituents is 1. The molecule has 0 unspecified atom stereocenters. The van der Waals surface area contributed by atoms with E-state index < -0.39 is 30.0 Å². The second kappa shape index (κ2) is 6.96. The summed E-state index contributed by atoms with van der Waals surface area (Å²) < 4.78 is 0.424. The predicted molar refractivity (Wildman–Crippen MR) is 71.3 cm³/mol. The van der Waals surface area contributed by atoms with Crippen molar-refractivity contribution in [2.45, 2.75) is 6.54 Å². The summed E-state index contributed by atoms with van der Waals surface area (Å²) in [6.07, 6.45) is 0. The third-order valence-electron chi connectivity index (χ3n) is 2.36. The van der Waals surface area contributed by atoms with Gasteiger partial charge in [-0.1, -0.05) is 15.9 Å². The van der Waals surface area contributed by atoms with Crippen molar-refractivity contribution in [3.63, 3.8) is 0 Å². The van der Waals surface area contributed by atoms with Gasteiger partial charge in [0.2, 0.25) is 0 Å². The fourth-order valence-corrected chi connectivity index (χ4v) is 2.06. The monoisotopic (exact) mass is 346 g/mol. The van der Waals surface area contributed by atoms with Crippen LogP contribution in [0, 0.1) is 10.1 Å². The highest BCUT2D eigenvalue weighted by Crippen LogP contribution is 2.24. The number of carboxylic acid groups (broad SMARTS) is 2. The maximum Gasteiger partial charge on any atom is 0.317 e. The first kappa shape index (κ1) is 16.1. The summed E-state index contributed by atoms with van der Waals surface area (Å²) in [7, 11) is 0. The highest BCUT2D eigenvalue weighted by molar-refractivity contribution is 9.10. The molecule has 9 heteroatoms. The van der Waals surface area contributed by atoms with Gasteiger partial charge in [-0.3, -0.25) is 24.6 Å². The SMILES string of the molecule is O=C(O)CN(CC(=O)O)Cc1ccc([N+](=O)[O-])cc1Br. The lowest BCUT2D eigenvalue weighted by Gasteiger charge is -2.18. The Bertz CT molecular complexity index is 532. The van der Waals surface area contributed by atoms with Crippen LogP contribution in [0.5, 0.6) is 0 Å². The number of aliphatic carboxylic acids is 2. The van der Waals surface area contributed by atoms with Gasteiger partial charge in [0.05, 0.1) is 18.0 Å². The number of non-ortho nitro benzene ring substituents is 1. The van der Waals surface area contributed by atoms with Gasteiger partial charge in [0.1, 0.15) is 0 Å². The zero-order valence-corrected chi connectivity index (χ0v) is 11.7. The van der Waals surface area contributed by atoms with E-state index in [-0.39, 0.29) is 12.2 Å². The lowest BCUT2D eigenvalue weighted by atomic mass is 10.2. The molecule has 0 aromatic heterocycles. The Balaban J connectivity index is 2.90. The Kier molecular flexibility index (Phi) is 5.59. The van der Waals surface area contributed by atoms with Gasteiger partial charge in [0.25, 0.3) is 5.69 Å². The molecule has 0 radical (unpaired) electrons. The van der Waals surface area contributed by atoms with Gasteiger partial charge >= 0.3 is 11.9 Å². The van der Waals surface area contributed by atoms with Gasteiger partial charge in [-0.25, -0.2) is 0 Å². The van der Waals surface area contributed by atoms with E-state index in [1.165, 1.54) is 23.1 Å². The zero-order valence-electron chi connectivity index (χ0n) is 10.2. The molecule has 0 bridgehead atoms. The fraction of sp³-hybridized carbons (Fsp3) is 0.273. The van der Waals surface area contributed by atoms with E-state index in [1.54, 1.807) is 0 Å². The second-order valence-corrected chi connectivity index (χ2v) is 4.82. The molecular formula is C11H11BrN2O6. The van der Waals surface area contributed by atoms with Crippen molar-refractivity contribution < 1.29 is 24.7 Å². The first-order valence-electron chi connectivity index (χ1n) is 5.38. The average Bonchev–Trinajstić information content (AvgIpc) is 2.29. The summed E-state index contributed by atoms with van der Waals surface area (Å²) in [5, 5.41) is 28.0. The van der Waals surface area contributed by atoms with Crippen molar-refractivity contribution in [3.8, 4) is 0 Å². The second-order valence-electron chi connectivity index (χ2n) is 3.97. The molecule has 0 heterocycles. The van der Waals surface area contributed by atoms with Crippen LogP contribution in [0.25, 0.3) is 0 Å². The molecule has 1 rings (SSSR count). The van der Waals surface area contributed by atoms with E-state index in [0.717, 1.165) is 0 Å². The third kappa shape index (κ3) is 4.94. The first-order chi connectivity index (χ1) is 9.29. The lowest BCUT2D eigenvalue weighted by molar-refractivity contribution is -0.384. The number of nitro groups is 1. The molecule has 0 aliphatic heterocycles. The van der Waals surface area contributed by atoms with Crippen LogP contribution in [-0.2, 0) is 16.1 Å². The first-order valence-corrected chi connectivity index (χ1v) is 6.17. The van der Waals surface area contributed by atoms with Crippen LogP contribution >= 0.6 is 15.9 Å². The van der Waals surface area contributed by atoms with Gasteiger partial charge < -0.3 is 10.2 Å². The van der Waals surface area contributed by atoms with Crippen molar-refractivity contribution >= 4 is 33.6 Å². The van der Waals surface area contributed by atoms with Crippen molar-refractivity contribution in [3.05, 3.63) is 38.3 Å². The highest BCUT2D eigenvalue weighted by Gasteiger charge is 2.16. The number of carboxylic acids is 2. The van der Waals surface area contributed by atoms with Gasteiger partial charge in [-0.05, 0) is 11.6 Å². The third-order valence-corrected chi connectivity index (χ3v) is 3.10. The Morgan fingerprint density at radius 2 is 1.80 bits per heavy atom. The number of halogens is 1. The van der Waals surface area contributed by atoms with Crippen LogP contribution in [-0.4, -0.2) is 45.1 Å². The summed E-state index contributed by atoms with van der Waals surface area (Å²) in [6, 6.07) is 4.02. The minimum absolute atomic E-state index is 0.0528. The number of hydrogen-bond acceptors (Lipinski definition) is 5. The Hall–Kier alpha value is -2.00. The predicted octanol–water partition coefficient (Wildman–Crippen LogP) is 1.33. The molecule has 0 atom stereocenters. The summed E-state index contributed by atoms with van der Waals surface area (Å²) >= 11 is 3.15. The van der Waals surface area contributed by atoms with Crippen LogP contribution in [0.1, 0.15) is 5.56 Å². The van der Waals surface area contributed by atoms with Crippen LogP contribution < -0.4 is 0 Å². The van der Waals surface area contributed by atoms with Crippen LogP contribution in [0.4, 0.5) is 5.69 Å². The van der Waals surface area contributed by atoms with E-state index in [0.29, 0.717) is 10.0 Å². The standard InChI is InChI=1S/C11H11BrN2O6/c12-9-3-8(14(19)20)2-1-7(9)4-13(5-10(15)16)6-11(17)18/h1-3H,4-6H2,(H,15,16)(H,17,18). The lowest BCUT2D eigenvalue weighted by Crippen LogP contribution is -2.34. The highest BCUT2D eigenvalue weighted by atomic mass is 79.9. The van der Waals surface area contributed by atoms with Crippen LogP contribution in [0.3, 0.4) is 0 Å². The van der Waals surface area contributed by atoms with E-state index in [2.05, 4.69) is 15.9 Å². The molecule has 0 amide bonds. The number of rotatable bonds is 7. The molecular weight excluding hydrogens is 336 g/mol. The molecule has 20 heavy (non-hydrogen) atoms. The molecule has 1 aromatic rings. The summed E-state index contributed by atoms with van der Waals surface area (Å²) in [4.78, 5) is 32.6. The van der Waals surface area contributed by atoms with Gasteiger partial charge in [0.15, 0.2) is 0 Å². The number of benzene rings is 1. The molecule has 0 spiro atoms. The van der Waals surface area contributed by atoms with Gasteiger partial charge in [0, 0.05) is 23.2 Å². The summed E-state index contributed by atoms with van der Waals surface area (Å²) in [6.45, 7) is -0.817. The topological polar surface area (TPSA) is 121 Å². The van der Waals surface area contributed by atoms with E-state index >= 15 is 0 Å². The van der Waals surface area contributed by atoms with Crippen molar-refractivity contribution in [2.24, 2.45) is 0 Å². The average molecular weight is 347 g/mol. The Morgan fingerprint density at radius 1 is 1.25 bits per heavy atom. The zero-order chi connectivity index (χ0) is 15.3. The molecule has 108 valence electrons. The van der Waals surface area contributed by atoms with Crippen molar-refractivity contribution in [1.29, 1.82) is 0 Å². The van der Waals surface area contributed by atoms with E-state index in [1.807, 2.05) is 0 Å². The van der Waals surface area contributed by atoms with Gasteiger partial charge in [-0.15, -0.1) is 0 Å². The van der Waals surface area contributed by atoms with Crippen LogP contribution in [0.2, 0.25) is 0 Å². The van der Waals surface area contributed by atoms with E-state index in [4.69, 9.17) is 10.2 Å². The molecule has 0 aliphatic rings. The normalized spacial score (nSPS) is 10.5. The molecule has 0 fully saturated rings. The molecule has 1 aromatic carbocycles. The van der Waals surface area contributed by atoms with Gasteiger partial charge in [-0.2, -0.15) is 0 Å². The minimum atomic E-state index is -1.15. The smallest absolute Gasteiger partial charge is 0.317 e. The molecule has 0 saturated heterocycles. The maximum atomic E-state index is 10.7.